The maximum absolute atomic E-state index is 4.55. The second-order valence-electron chi connectivity index (χ2n) is 7.15. The van der Waals surface area contributed by atoms with E-state index in [1.54, 1.807) is 0 Å². The number of fused-ring (bicyclic) bond motifs is 1. The van der Waals surface area contributed by atoms with Crippen LogP contribution in [-0.2, 0) is 0 Å². The third-order valence-electron chi connectivity index (χ3n) is 3.46. The Morgan fingerprint density at radius 2 is 1.71 bits per heavy atom. The van der Waals surface area contributed by atoms with Crippen LogP contribution in [0.1, 0.15) is 53.0 Å². The molecule has 94 valence electrons. The summed E-state index contributed by atoms with van der Waals surface area (Å²) in [4.78, 5) is 4.55. The number of rotatable bonds is 0. The number of hydrogen-bond donors (Lipinski definition) is 0. The lowest BCUT2D eigenvalue weighted by atomic mass is 9.69. The third-order valence-corrected chi connectivity index (χ3v) is 5.26. The summed E-state index contributed by atoms with van der Waals surface area (Å²) in [6.07, 6.45) is 1.91. The average molecular weight is 249 g/mol. The van der Waals surface area contributed by atoms with Crippen molar-refractivity contribution in [3.05, 3.63) is 23.9 Å². The smallest absolute Gasteiger partial charge is 0.0998 e. The lowest BCUT2D eigenvalue weighted by Crippen LogP contribution is -2.33. The molecule has 0 aliphatic carbocycles. The summed E-state index contributed by atoms with van der Waals surface area (Å²) in [5.74, 6) is 0.594. The van der Waals surface area contributed by atoms with E-state index >= 15 is 0 Å². The molecule has 0 fully saturated rings. The van der Waals surface area contributed by atoms with Crippen molar-refractivity contribution in [3.8, 4) is 0 Å². The minimum Gasteiger partial charge on any atom is -0.250 e. The fraction of sp³-hybridized carbons (Fsp3) is 0.667. The van der Waals surface area contributed by atoms with E-state index in [1.165, 1.54) is 10.6 Å². The van der Waals surface area contributed by atoms with Crippen LogP contribution >= 0.6 is 11.8 Å². The Hall–Kier alpha value is -0.500. The highest BCUT2D eigenvalue weighted by atomic mass is 32.2. The highest BCUT2D eigenvalue weighted by Crippen LogP contribution is 2.57. The molecule has 0 amide bonds. The van der Waals surface area contributed by atoms with Crippen molar-refractivity contribution in [2.45, 2.75) is 57.7 Å². The Kier molecular flexibility index (Phi) is 3.05. The maximum Gasteiger partial charge on any atom is 0.0998 e. The number of thioether (sulfide) groups is 1. The summed E-state index contributed by atoms with van der Waals surface area (Å²) in [7, 11) is 0. The van der Waals surface area contributed by atoms with Gasteiger partial charge in [-0.3, -0.25) is 0 Å². The first-order chi connectivity index (χ1) is 7.71. The molecule has 0 radical (unpaired) electrons. The van der Waals surface area contributed by atoms with Crippen LogP contribution in [0.3, 0.4) is 0 Å². The van der Waals surface area contributed by atoms with E-state index in [9.17, 15) is 0 Å². The van der Waals surface area contributed by atoms with Crippen LogP contribution in [0.2, 0.25) is 0 Å². The zero-order valence-corrected chi connectivity index (χ0v) is 12.6. The molecule has 0 saturated carbocycles. The first-order valence-corrected chi connectivity index (χ1v) is 7.21. The van der Waals surface area contributed by atoms with E-state index in [4.69, 9.17) is 0 Å². The lowest BCUT2D eigenvalue weighted by molar-refractivity contribution is 0.244. The average Bonchev–Trinajstić information content (AvgIpc) is 2.54. The topological polar surface area (TPSA) is 12.9 Å². The zero-order chi connectivity index (χ0) is 12.8. The van der Waals surface area contributed by atoms with Crippen LogP contribution in [0, 0.1) is 10.8 Å². The molecule has 1 nitrogen and oxygen atoms in total. The van der Waals surface area contributed by atoms with Crippen molar-refractivity contribution in [2.24, 2.45) is 10.8 Å². The van der Waals surface area contributed by atoms with Gasteiger partial charge < -0.3 is 0 Å². The Balaban J connectivity index is 2.48. The van der Waals surface area contributed by atoms with E-state index in [-0.39, 0.29) is 0 Å². The number of nitrogens with zero attached hydrogens (tertiary/aromatic N) is 1. The van der Waals surface area contributed by atoms with E-state index in [2.05, 4.69) is 58.7 Å². The minimum absolute atomic E-state index is 0.291. The van der Waals surface area contributed by atoms with Crippen LogP contribution < -0.4 is 0 Å². The fourth-order valence-corrected chi connectivity index (χ4v) is 4.43. The normalized spacial score (nSPS) is 24.8. The van der Waals surface area contributed by atoms with Gasteiger partial charge in [0.15, 0.2) is 0 Å². The van der Waals surface area contributed by atoms with Crippen LogP contribution in [0.5, 0.6) is 0 Å². The molecule has 2 unspecified atom stereocenters. The Morgan fingerprint density at radius 3 is 2.24 bits per heavy atom. The zero-order valence-electron chi connectivity index (χ0n) is 11.7. The minimum atomic E-state index is 0.291. The summed E-state index contributed by atoms with van der Waals surface area (Å²) in [6, 6.07) is 4.33. The molecule has 1 aromatic heterocycles. The van der Waals surface area contributed by atoms with Crippen molar-refractivity contribution in [1.29, 1.82) is 0 Å². The molecular weight excluding hydrogens is 226 g/mol. The number of hydrogen-bond acceptors (Lipinski definition) is 2. The van der Waals surface area contributed by atoms with Crippen molar-refractivity contribution in [2.75, 3.05) is 0 Å². The van der Waals surface area contributed by atoms with Gasteiger partial charge in [-0.15, -0.1) is 11.8 Å². The van der Waals surface area contributed by atoms with Gasteiger partial charge in [-0.25, -0.2) is 4.98 Å². The molecular formula is C15H23NS. The van der Waals surface area contributed by atoms with Crippen LogP contribution in [0.4, 0.5) is 0 Å². The van der Waals surface area contributed by atoms with Gasteiger partial charge in [0.1, 0.15) is 0 Å². The van der Waals surface area contributed by atoms with Gasteiger partial charge in [-0.1, -0.05) is 47.6 Å². The monoisotopic (exact) mass is 249 g/mol. The Bertz CT molecular complexity index is 412. The predicted octanol–water partition coefficient (Wildman–Crippen LogP) is 4.73. The van der Waals surface area contributed by atoms with Crippen LogP contribution in [0.15, 0.2) is 23.4 Å². The van der Waals surface area contributed by atoms with Crippen molar-refractivity contribution < 1.29 is 0 Å². The van der Waals surface area contributed by atoms with Crippen molar-refractivity contribution in [1.82, 2.24) is 4.98 Å². The number of pyridine rings is 1. The quantitative estimate of drug-likeness (QED) is 0.659. The first kappa shape index (κ1) is 12.9. The van der Waals surface area contributed by atoms with E-state index in [0.717, 1.165) is 0 Å². The highest BCUT2D eigenvalue weighted by Gasteiger charge is 2.46. The van der Waals surface area contributed by atoms with E-state index in [0.29, 0.717) is 22.0 Å². The summed E-state index contributed by atoms with van der Waals surface area (Å²) in [5, 5.41) is 1.86. The Labute approximate surface area is 109 Å². The summed E-state index contributed by atoms with van der Waals surface area (Å²) in [5.41, 5.74) is 2.05. The molecule has 0 bridgehead atoms. The molecule has 2 heterocycles. The number of aromatic nitrogens is 1. The standard InChI is InChI=1S/C15H23NS/c1-14(2,3)11-10-8-7-9-16-13(10)17-12(11)15(4,5)6/h7-9,11-12H,1-6H3. The maximum atomic E-state index is 4.55. The Morgan fingerprint density at radius 1 is 1.06 bits per heavy atom. The van der Waals surface area contributed by atoms with Gasteiger partial charge >= 0.3 is 0 Å². The van der Waals surface area contributed by atoms with Crippen LogP contribution in [0.25, 0.3) is 0 Å². The molecule has 1 aliphatic heterocycles. The molecule has 2 heteroatoms. The predicted molar refractivity (Wildman–Crippen MR) is 75.5 cm³/mol. The highest BCUT2D eigenvalue weighted by molar-refractivity contribution is 8.00. The molecule has 17 heavy (non-hydrogen) atoms. The SMILES string of the molecule is CC(C)(C)C1Sc2ncccc2C1C(C)(C)C. The van der Waals surface area contributed by atoms with Gasteiger partial charge in [-0.2, -0.15) is 0 Å². The van der Waals surface area contributed by atoms with Gasteiger partial charge in [0, 0.05) is 17.4 Å². The summed E-state index contributed by atoms with van der Waals surface area (Å²) < 4.78 is 0. The van der Waals surface area contributed by atoms with E-state index in [1.807, 2.05) is 18.0 Å². The molecule has 0 aromatic carbocycles. The lowest BCUT2D eigenvalue weighted by Gasteiger charge is -2.38. The second-order valence-corrected chi connectivity index (χ2v) is 8.28. The van der Waals surface area contributed by atoms with Gasteiger partial charge in [0.2, 0.25) is 0 Å². The molecule has 0 saturated heterocycles. The fourth-order valence-electron chi connectivity index (χ4n) is 2.69. The van der Waals surface area contributed by atoms with Gasteiger partial charge in [-0.05, 0) is 22.5 Å². The molecule has 1 aliphatic rings. The second kappa shape index (κ2) is 4.01. The summed E-state index contributed by atoms with van der Waals surface area (Å²) in [6.45, 7) is 14.1. The van der Waals surface area contributed by atoms with Crippen molar-refractivity contribution in [3.63, 3.8) is 0 Å². The van der Waals surface area contributed by atoms with E-state index < -0.39 is 0 Å². The molecule has 2 atom stereocenters. The first-order valence-electron chi connectivity index (χ1n) is 6.33. The largest absolute Gasteiger partial charge is 0.250 e. The third kappa shape index (κ3) is 2.37. The van der Waals surface area contributed by atoms with Crippen LogP contribution in [-0.4, -0.2) is 10.2 Å². The summed E-state index contributed by atoms with van der Waals surface area (Å²) >= 11 is 1.97. The molecule has 2 rings (SSSR count). The van der Waals surface area contributed by atoms with Crippen molar-refractivity contribution >= 4 is 11.8 Å². The molecule has 0 N–H and O–H groups in total. The molecule has 0 spiro atoms. The molecule has 1 aromatic rings. The van der Waals surface area contributed by atoms with Gasteiger partial charge in [0.25, 0.3) is 0 Å². The van der Waals surface area contributed by atoms with Gasteiger partial charge in [0.05, 0.1) is 5.03 Å².